The van der Waals surface area contributed by atoms with E-state index in [1.165, 1.54) is 10.9 Å². The molecule has 3 aromatic rings. The first-order valence-corrected chi connectivity index (χ1v) is 8.34. The first kappa shape index (κ1) is 15.5. The van der Waals surface area contributed by atoms with E-state index in [1.54, 1.807) is 7.05 Å². The lowest BCUT2D eigenvalue weighted by atomic mass is 9.97. The average molecular weight is 337 g/mol. The lowest BCUT2D eigenvalue weighted by Gasteiger charge is -2.31. The normalized spacial score (nSPS) is 17.6. The van der Waals surface area contributed by atoms with E-state index in [1.807, 2.05) is 35.2 Å². The number of aryl methyl sites for hydroxylation is 1. The molecule has 1 aromatic carbocycles. The van der Waals surface area contributed by atoms with Crippen molar-refractivity contribution >= 4 is 5.91 Å². The number of aromatic nitrogens is 6. The Morgan fingerprint density at radius 2 is 2.12 bits per heavy atom. The first-order valence-electron chi connectivity index (χ1n) is 8.34. The number of aromatic amines is 1. The molecule has 1 saturated heterocycles. The van der Waals surface area contributed by atoms with E-state index in [-0.39, 0.29) is 11.8 Å². The van der Waals surface area contributed by atoms with Gasteiger partial charge in [-0.3, -0.25) is 9.89 Å². The predicted molar refractivity (Wildman–Crippen MR) is 90.7 cm³/mol. The third-order valence-corrected chi connectivity index (χ3v) is 4.56. The molecule has 1 N–H and O–H groups in total. The van der Waals surface area contributed by atoms with E-state index in [0.29, 0.717) is 18.1 Å². The molecule has 25 heavy (non-hydrogen) atoms. The SMILES string of the molecule is Cn1nncc1C(=O)N1CCCC(c2nc(-c3ccccc3)n[nH]2)C1. The third-order valence-electron chi connectivity index (χ3n) is 4.56. The number of nitrogens with one attached hydrogen (secondary N) is 1. The van der Waals surface area contributed by atoms with Gasteiger partial charge in [0, 0.05) is 31.6 Å². The maximum Gasteiger partial charge on any atom is 0.273 e. The number of carbonyl (C=O) groups excluding carboxylic acids is 1. The molecule has 1 amide bonds. The molecule has 1 unspecified atom stereocenters. The molecule has 4 rings (SSSR count). The number of benzene rings is 1. The Labute approximate surface area is 144 Å². The second kappa shape index (κ2) is 6.46. The van der Waals surface area contributed by atoms with Crippen LogP contribution in [-0.2, 0) is 7.05 Å². The fourth-order valence-corrected chi connectivity index (χ4v) is 3.20. The zero-order valence-electron chi connectivity index (χ0n) is 14.0. The maximum absolute atomic E-state index is 12.7. The van der Waals surface area contributed by atoms with Crippen LogP contribution in [0.1, 0.15) is 35.1 Å². The fraction of sp³-hybridized carbons (Fsp3) is 0.353. The van der Waals surface area contributed by atoms with Gasteiger partial charge in [-0.25, -0.2) is 9.67 Å². The van der Waals surface area contributed by atoms with Crippen molar-refractivity contribution in [2.75, 3.05) is 13.1 Å². The van der Waals surface area contributed by atoms with Crippen LogP contribution in [0.25, 0.3) is 11.4 Å². The van der Waals surface area contributed by atoms with E-state index < -0.39 is 0 Å². The summed E-state index contributed by atoms with van der Waals surface area (Å²) in [6, 6.07) is 9.87. The van der Waals surface area contributed by atoms with Crippen molar-refractivity contribution in [2.24, 2.45) is 7.05 Å². The van der Waals surface area contributed by atoms with Gasteiger partial charge in [-0.05, 0) is 12.8 Å². The molecule has 1 aliphatic heterocycles. The van der Waals surface area contributed by atoms with Gasteiger partial charge in [0.1, 0.15) is 11.5 Å². The van der Waals surface area contributed by atoms with Gasteiger partial charge in [0.15, 0.2) is 5.82 Å². The molecule has 8 heteroatoms. The Balaban J connectivity index is 1.51. The summed E-state index contributed by atoms with van der Waals surface area (Å²) in [5, 5.41) is 15.0. The number of H-pyrrole nitrogens is 1. The minimum Gasteiger partial charge on any atom is -0.337 e. The highest BCUT2D eigenvalue weighted by Crippen LogP contribution is 2.26. The van der Waals surface area contributed by atoms with Gasteiger partial charge in [0.05, 0.1) is 6.20 Å². The molecular weight excluding hydrogens is 318 g/mol. The largest absolute Gasteiger partial charge is 0.337 e. The average Bonchev–Trinajstić information content (AvgIpc) is 3.31. The molecule has 2 aromatic heterocycles. The van der Waals surface area contributed by atoms with Gasteiger partial charge >= 0.3 is 0 Å². The van der Waals surface area contributed by atoms with Crippen molar-refractivity contribution in [1.29, 1.82) is 0 Å². The van der Waals surface area contributed by atoms with Crippen LogP contribution in [0.15, 0.2) is 36.5 Å². The number of amides is 1. The maximum atomic E-state index is 12.7. The fourth-order valence-electron chi connectivity index (χ4n) is 3.20. The summed E-state index contributed by atoms with van der Waals surface area (Å²) in [6.45, 7) is 1.35. The minimum absolute atomic E-state index is 0.0417. The number of hydrogen-bond acceptors (Lipinski definition) is 5. The Bertz CT molecular complexity index is 870. The number of rotatable bonds is 3. The number of piperidine rings is 1. The van der Waals surface area contributed by atoms with Gasteiger partial charge < -0.3 is 4.90 Å². The molecule has 1 aliphatic rings. The molecule has 0 aliphatic carbocycles. The van der Waals surface area contributed by atoms with Gasteiger partial charge in [-0.1, -0.05) is 35.5 Å². The zero-order chi connectivity index (χ0) is 17.2. The van der Waals surface area contributed by atoms with Gasteiger partial charge in [-0.15, -0.1) is 5.10 Å². The van der Waals surface area contributed by atoms with Crippen molar-refractivity contribution in [3.05, 3.63) is 48.0 Å². The van der Waals surface area contributed by atoms with Gasteiger partial charge in [0.2, 0.25) is 0 Å². The second-order valence-corrected chi connectivity index (χ2v) is 6.24. The number of nitrogens with zero attached hydrogens (tertiary/aromatic N) is 6. The van der Waals surface area contributed by atoms with Crippen LogP contribution >= 0.6 is 0 Å². The molecule has 128 valence electrons. The molecule has 0 saturated carbocycles. The van der Waals surface area contributed by atoms with Gasteiger partial charge in [-0.2, -0.15) is 5.10 Å². The van der Waals surface area contributed by atoms with E-state index in [4.69, 9.17) is 0 Å². The molecule has 0 bridgehead atoms. The van der Waals surface area contributed by atoms with Crippen LogP contribution in [0.5, 0.6) is 0 Å². The molecular formula is C17H19N7O. The molecule has 1 fully saturated rings. The van der Waals surface area contributed by atoms with Crippen molar-refractivity contribution in [2.45, 2.75) is 18.8 Å². The topological polar surface area (TPSA) is 92.6 Å². The lowest BCUT2D eigenvalue weighted by Crippen LogP contribution is -2.40. The molecule has 8 nitrogen and oxygen atoms in total. The Hall–Kier alpha value is -3.03. The van der Waals surface area contributed by atoms with E-state index in [0.717, 1.165) is 30.8 Å². The monoisotopic (exact) mass is 337 g/mol. The number of carbonyl (C=O) groups is 1. The highest BCUT2D eigenvalue weighted by Gasteiger charge is 2.29. The highest BCUT2D eigenvalue weighted by molar-refractivity contribution is 5.92. The summed E-state index contributed by atoms with van der Waals surface area (Å²) in [5.41, 5.74) is 1.48. The summed E-state index contributed by atoms with van der Waals surface area (Å²) in [5.74, 6) is 1.64. The summed E-state index contributed by atoms with van der Waals surface area (Å²) >= 11 is 0. The van der Waals surface area contributed by atoms with E-state index >= 15 is 0 Å². The van der Waals surface area contributed by atoms with Crippen molar-refractivity contribution in [3.8, 4) is 11.4 Å². The zero-order valence-corrected chi connectivity index (χ0v) is 14.0. The Morgan fingerprint density at radius 1 is 1.28 bits per heavy atom. The quantitative estimate of drug-likeness (QED) is 0.784. The van der Waals surface area contributed by atoms with Crippen LogP contribution in [0.3, 0.4) is 0 Å². The molecule has 0 radical (unpaired) electrons. The third kappa shape index (κ3) is 3.02. The summed E-state index contributed by atoms with van der Waals surface area (Å²) in [4.78, 5) is 19.2. The number of hydrogen-bond donors (Lipinski definition) is 1. The van der Waals surface area contributed by atoms with Crippen LogP contribution in [0.4, 0.5) is 0 Å². The van der Waals surface area contributed by atoms with Crippen molar-refractivity contribution in [1.82, 2.24) is 35.1 Å². The van der Waals surface area contributed by atoms with Crippen molar-refractivity contribution in [3.63, 3.8) is 0 Å². The predicted octanol–water partition coefficient (Wildman–Crippen LogP) is 1.62. The standard InChI is InChI=1S/C17H19N7O/c1-23-14(10-18-22-23)17(25)24-9-5-8-13(11-24)16-19-15(20-21-16)12-6-3-2-4-7-12/h2-4,6-7,10,13H,5,8-9,11H2,1H3,(H,19,20,21). The Kier molecular flexibility index (Phi) is 4.01. The van der Waals surface area contributed by atoms with Crippen LogP contribution in [-0.4, -0.2) is 54.1 Å². The number of likely N-dealkylation sites (tertiary alicyclic amines) is 1. The summed E-state index contributed by atoms with van der Waals surface area (Å²) in [6.07, 6.45) is 3.42. The van der Waals surface area contributed by atoms with Gasteiger partial charge in [0.25, 0.3) is 5.91 Å². The van der Waals surface area contributed by atoms with Crippen LogP contribution < -0.4 is 0 Å². The Morgan fingerprint density at radius 3 is 2.88 bits per heavy atom. The highest BCUT2D eigenvalue weighted by atomic mass is 16.2. The first-order chi connectivity index (χ1) is 12.2. The van der Waals surface area contributed by atoms with E-state index in [9.17, 15) is 4.79 Å². The summed E-state index contributed by atoms with van der Waals surface area (Å²) in [7, 11) is 1.73. The van der Waals surface area contributed by atoms with Crippen molar-refractivity contribution < 1.29 is 4.79 Å². The molecule has 1 atom stereocenters. The van der Waals surface area contributed by atoms with Crippen LogP contribution in [0.2, 0.25) is 0 Å². The van der Waals surface area contributed by atoms with Crippen LogP contribution in [0, 0.1) is 0 Å². The summed E-state index contributed by atoms with van der Waals surface area (Å²) < 4.78 is 1.51. The second-order valence-electron chi connectivity index (χ2n) is 6.24. The molecule has 3 heterocycles. The lowest BCUT2D eigenvalue weighted by molar-refractivity contribution is 0.0693. The molecule has 0 spiro atoms. The van der Waals surface area contributed by atoms with E-state index in [2.05, 4.69) is 25.5 Å². The minimum atomic E-state index is -0.0417. The smallest absolute Gasteiger partial charge is 0.273 e.